The second-order valence-electron chi connectivity index (χ2n) is 0.862. The highest BCUT2D eigenvalue weighted by Crippen LogP contribution is 1.79. The van der Waals surface area contributed by atoms with E-state index >= 15 is 0 Å². The fourth-order valence-corrected chi connectivity index (χ4v) is 0.157. The Balaban J connectivity index is 3.20. The lowest BCUT2D eigenvalue weighted by atomic mass is 10.4. The van der Waals surface area contributed by atoms with E-state index < -0.39 is 6.17 Å². The van der Waals surface area contributed by atoms with E-state index in [4.69, 9.17) is 0 Å². The van der Waals surface area contributed by atoms with Crippen molar-refractivity contribution in [2.45, 2.75) is 13.1 Å². The molecule has 1 radical (unpaired) electrons. The lowest BCUT2D eigenvalue weighted by Gasteiger charge is -1.77. The van der Waals surface area contributed by atoms with Crippen LogP contribution in [0.15, 0.2) is 0 Å². The molecule has 0 aromatic heterocycles. The van der Waals surface area contributed by atoms with Crippen LogP contribution >= 0.6 is 0 Å². The number of hydrogen-bond donors (Lipinski definition) is 0. The van der Waals surface area contributed by atoms with Crippen LogP contribution in [-0.2, 0) is 0 Å². The zero-order chi connectivity index (χ0) is 4.99. The molecular formula is C5H6F. The quantitative estimate of drug-likeness (QED) is 0.387. The van der Waals surface area contributed by atoms with Gasteiger partial charge in [-0.3, -0.25) is 0 Å². The summed E-state index contributed by atoms with van der Waals surface area (Å²) in [6, 6.07) is 0. The number of hydrogen-bond acceptors (Lipinski definition) is 0. The molecule has 0 amide bonds. The molecule has 1 atom stereocenters. The van der Waals surface area contributed by atoms with Crippen LogP contribution in [0.25, 0.3) is 0 Å². The van der Waals surface area contributed by atoms with Crippen LogP contribution in [0.2, 0.25) is 0 Å². The Morgan fingerprint density at radius 1 is 1.83 bits per heavy atom. The third kappa shape index (κ3) is 3.49. The molecular weight excluding hydrogens is 79.1 g/mol. The molecule has 0 spiro atoms. The smallest absolute Gasteiger partial charge is 0.160 e. The summed E-state index contributed by atoms with van der Waals surface area (Å²) in [5, 5.41) is 0. The van der Waals surface area contributed by atoms with E-state index in [1.54, 1.807) is 6.92 Å². The first-order chi connectivity index (χ1) is 2.77. The van der Waals surface area contributed by atoms with Crippen LogP contribution in [0.5, 0.6) is 0 Å². The van der Waals surface area contributed by atoms with Gasteiger partial charge < -0.3 is 0 Å². The van der Waals surface area contributed by atoms with Gasteiger partial charge in [-0.25, -0.2) is 4.39 Å². The minimum absolute atomic E-state index is 1.21. The summed E-state index contributed by atoms with van der Waals surface area (Å²) in [6.07, 6.45) is -1.21. The molecule has 0 bridgehead atoms. The summed E-state index contributed by atoms with van der Waals surface area (Å²) < 4.78 is 11.4. The normalized spacial score (nSPS) is 11.8. The molecule has 0 aliphatic heterocycles. The van der Waals surface area contributed by atoms with Crippen LogP contribution in [0, 0.1) is 18.8 Å². The molecule has 0 aliphatic rings. The van der Waals surface area contributed by atoms with E-state index in [0.29, 0.717) is 0 Å². The largest absolute Gasteiger partial charge is 0.233 e. The van der Waals surface area contributed by atoms with Crippen molar-refractivity contribution < 1.29 is 4.39 Å². The van der Waals surface area contributed by atoms with Gasteiger partial charge in [-0.2, -0.15) is 0 Å². The fourth-order valence-electron chi connectivity index (χ4n) is 0.157. The second-order valence-corrected chi connectivity index (χ2v) is 0.862. The zero-order valence-corrected chi connectivity index (χ0v) is 3.66. The molecule has 1 heteroatoms. The summed E-state index contributed by atoms with van der Waals surface area (Å²) in [6.45, 7) is 4.57. The Morgan fingerprint density at radius 2 is 2.33 bits per heavy atom. The zero-order valence-electron chi connectivity index (χ0n) is 3.66. The molecule has 33 valence electrons. The van der Waals surface area contributed by atoms with E-state index in [1.807, 2.05) is 0 Å². The first-order valence-electron chi connectivity index (χ1n) is 1.67. The van der Waals surface area contributed by atoms with Crippen LogP contribution in [0.3, 0.4) is 0 Å². The van der Waals surface area contributed by atoms with E-state index in [1.165, 1.54) is 0 Å². The second kappa shape index (κ2) is 2.71. The van der Waals surface area contributed by atoms with E-state index in [0.717, 1.165) is 0 Å². The van der Waals surface area contributed by atoms with Gasteiger partial charge in [-0.15, -0.1) is 5.92 Å². The summed E-state index contributed by atoms with van der Waals surface area (Å²) in [5.74, 6) is 4.56. The molecule has 0 rings (SSSR count). The van der Waals surface area contributed by atoms with Crippen molar-refractivity contribution in [1.82, 2.24) is 0 Å². The van der Waals surface area contributed by atoms with Crippen molar-refractivity contribution in [1.29, 1.82) is 0 Å². The lowest BCUT2D eigenvalue weighted by molar-refractivity contribution is 0.479. The van der Waals surface area contributed by atoms with Crippen molar-refractivity contribution in [3.8, 4) is 11.8 Å². The number of rotatable bonds is 0. The summed E-state index contributed by atoms with van der Waals surface area (Å²) >= 11 is 0. The number of halogens is 1. The molecule has 0 N–H and O–H groups in total. The molecule has 0 fully saturated rings. The van der Waals surface area contributed by atoms with Gasteiger partial charge in [0.25, 0.3) is 0 Å². The van der Waals surface area contributed by atoms with Gasteiger partial charge in [-0.05, 0) is 13.8 Å². The molecule has 0 nitrogen and oxygen atoms in total. The van der Waals surface area contributed by atoms with Gasteiger partial charge in [0, 0.05) is 0 Å². The van der Waals surface area contributed by atoms with Crippen molar-refractivity contribution in [2.24, 2.45) is 0 Å². The van der Waals surface area contributed by atoms with Gasteiger partial charge in [-0.1, -0.05) is 5.92 Å². The van der Waals surface area contributed by atoms with Crippen LogP contribution in [0.1, 0.15) is 6.92 Å². The maximum absolute atomic E-state index is 11.4. The Kier molecular flexibility index (Phi) is 2.48. The third-order valence-electron chi connectivity index (χ3n) is 0.301. The van der Waals surface area contributed by atoms with Gasteiger partial charge in [0.05, 0.1) is 0 Å². The molecule has 0 saturated carbocycles. The van der Waals surface area contributed by atoms with Crippen LogP contribution in [0.4, 0.5) is 4.39 Å². The summed E-state index contributed by atoms with van der Waals surface area (Å²) in [5.41, 5.74) is 0. The monoisotopic (exact) mass is 85.0 g/mol. The molecule has 0 saturated heterocycles. The SMILES string of the molecule is [CH2]C(F)C#CC. The van der Waals surface area contributed by atoms with Crippen molar-refractivity contribution in [3.63, 3.8) is 0 Å². The van der Waals surface area contributed by atoms with Gasteiger partial charge in [0.2, 0.25) is 0 Å². The number of alkyl halides is 1. The van der Waals surface area contributed by atoms with Crippen molar-refractivity contribution in [3.05, 3.63) is 6.92 Å². The van der Waals surface area contributed by atoms with Crippen LogP contribution < -0.4 is 0 Å². The Labute approximate surface area is 37.4 Å². The highest BCUT2D eigenvalue weighted by Gasteiger charge is 1.81. The van der Waals surface area contributed by atoms with E-state index in [9.17, 15) is 4.39 Å². The first kappa shape index (κ1) is 5.49. The highest BCUT2D eigenvalue weighted by molar-refractivity contribution is 5.02. The van der Waals surface area contributed by atoms with Gasteiger partial charge in [0.15, 0.2) is 6.17 Å². The summed E-state index contributed by atoms with van der Waals surface area (Å²) in [4.78, 5) is 0. The van der Waals surface area contributed by atoms with E-state index in [-0.39, 0.29) is 0 Å². The van der Waals surface area contributed by atoms with Crippen molar-refractivity contribution >= 4 is 0 Å². The topological polar surface area (TPSA) is 0 Å². The average molecular weight is 85.1 g/mol. The van der Waals surface area contributed by atoms with Gasteiger partial charge in [0.1, 0.15) is 0 Å². The minimum atomic E-state index is -1.21. The van der Waals surface area contributed by atoms with Crippen LogP contribution in [-0.4, -0.2) is 6.17 Å². The van der Waals surface area contributed by atoms with Crippen molar-refractivity contribution in [2.75, 3.05) is 0 Å². The van der Waals surface area contributed by atoms with Gasteiger partial charge >= 0.3 is 0 Å². The third-order valence-corrected chi connectivity index (χ3v) is 0.301. The fraction of sp³-hybridized carbons (Fsp3) is 0.400. The molecule has 0 heterocycles. The first-order valence-corrected chi connectivity index (χ1v) is 1.67. The molecule has 0 aromatic carbocycles. The standard InChI is InChI=1S/C5H6F/c1-3-4-5(2)6/h5H,2H2,1H3. The molecule has 0 aromatic rings. The Hall–Kier alpha value is -0.510. The summed E-state index contributed by atoms with van der Waals surface area (Å²) in [7, 11) is 0. The Morgan fingerprint density at radius 3 is 2.33 bits per heavy atom. The predicted molar refractivity (Wildman–Crippen MR) is 23.7 cm³/mol. The highest BCUT2D eigenvalue weighted by atomic mass is 19.1. The van der Waals surface area contributed by atoms with E-state index in [2.05, 4.69) is 18.8 Å². The lowest BCUT2D eigenvalue weighted by Crippen LogP contribution is -1.82. The average Bonchev–Trinajstić information content (AvgIpc) is 1.35. The molecule has 1 unspecified atom stereocenters. The maximum Gasteiger partial charge on any atom is 0.160 e. The predicted octanol–water partition coefficient (Wildman–Crippen LogP) is 1.18. The Bertz CT molecular complexity index is 73.7. The molecule has 0 aliphatic carbocycles. The molecule has 6 heavy (non-hydrogen) atoms. The maximum atomic E-state index is 11.4. The minimum Gasteiger partial charge on any atom is -0.233 e.